The summed E-state index contributed by atoms with van der Waals surface area (Å²) in [6.07, 6.45) is 2.13. The molecule has 18 heavy (non-hydrogen) atoms. The van der Waals surface area contributed by atoms with Crippen LogP contribution in [-0.2, 0) is 0 Å². The van der Waals surface area contributed by atoms with Crippen molar-refractivity contribution in [2.45, 2.75) is 33.7 Å². The second-order valence-corrected chi connectivity index (χ2v) is 5.42. The molecule has 1 aromatic heterocycles. The lowest BCUT2D eigenvalue weighted by molar-refractivity contribution is 0.745. The zero-order chi connectivity index (χ0) is 13.7. The summed E-state index contributed by atoms with van der Waals surface area (Å²) in [5, 5.41) is 3.30. The molecule has 1 atom stereocenters. The Morgan fingerprint density at radius 2 is 2.00 bits per heavy atom. The van der Waals surface area contributed by atoms with Crippen LogP contribution in [0.25, 0.3) is 0 Å². The summed E-state index contributed by atoms with van der Waals surface area (Å²) in [5.41, 5.74) is 1.12. The monoisotopic (exact) mass is 268 g/mol. The Morgan fingerprint density at radius 1 is 1.33 bits per heavy atom. The van der Waals surface area contributed by atoms with Crippen LogP contribution in [0.5, 0.6) is 0 Å². The molecule has 0 bridgehead atoms. The molecule has 0 saturated carbocycles. The summed E-state index contributed by atoms with van der Waals surface area (Å²) in [7, 11) is 2.10. The standard InChI is InChI=1S/C13H24N4S/c1-7-14-12-10(3)13(16-11(4)15-12)17(5)9(2)8-18-6/h9H,7-8H2,1-6H3,(H,14,15,16). The Hall–Kier alpha value is -0.970. The summed E-state index contributed by atoms with van der Waals surface area (Å²) in [5.74, 6) is 3.88. The van der Waals surface area contributed by atoms with Gasteiger partial charge in [-0.25, -0.2) is 9.97 Å². The van der Waals surface area contributed by atoms with Gasteiger partial charge in [0.2, 0.25) is 0 Å². The molecule has 0 saturated heterocycles. The van der Waals surface area contributed by atoms with Crippen LogP contribution in [0.4, 0.5) is 11.6 Å². The summed E-state index contributed by atoms with van der Waals surface area (Å²) in [6, 6.07) is 0.461. The maximum Gasteiger partial charge on any atom is 0.137 e. The van der Waals surface area contributed by atoms with Crippen LogP contribution in [0.1, 0.15) is 25.2 Å². The first-order chi connectivity index (χ1) is 8.51. The average molecular weight is 268 g/mol. The van der Waals surface area contributed by atoms with Crippen LogP contribution in [0.3, 0.4) is 0 Å². The number of anilines is 2. The number of hydrogen-bond acceptors (Lipinski definition) is 5. The van der Waals surface area contributed by atoms with Gasteiger partial charge in [0, 0.05) is 31.0 Å². The summed E-state index contributed by atoms with van der Waals surface area (Å²) in [4.78, 5) is 11.3. The first-order valence-corrected chi connectivity index (χ1v) is 7.71. The molecule has 0 fully saturated rings. The summed E-state index contributed by atoms with van der Waals surface area (Å²) >= 11 is 1.86. The molecule has 0 aliphatic rings. The van der Waals surface area contributed by atoms with Crippen molar-refractivity contribution in [2.24, 2.45) is 0 Å². The Labute approximate surface area is 115 Å². The molecule has 1 unspecified atom stereocenters. The number of thioether (sulfide) groups is 1. The Morgan fingerprint density at radius 3 is 2.56 bits per heavy atom. The van der Waals surface area contributed by atoms with E-state index in [0.29, 0.717) is 6.04 Å². The molecule has 1 rings (SSSR count). The van der Waals surface area contributed by atoms with Gasteiger partial charge in [0.25, 0.3) is 0 Å². The number of aryl methyl sites for hydroxylation is 1. The third-order valence-corrected chi connectivity index (χ3v) is 3.80. The lowest BCUT2D eigenvalue weighted by atomic mass is 10.2. The lowest BCUT2D eigenvalue weighted by Gasteiger charge is -2.27. The van der Waals surface area contributed by atoms with Crippen LogP contribution >= 0.6 is 11.8 Å². The van der Waals surface area contributed by atoms with Gasteiger partial charge in [0.15, 0.2) is 0 Å². The quantitative estimate of drug-likeness (QED) is 0.859. The van der Waals surface area contributed by atoms with Crippen molar-refractivity contribution in [1.82, 2.24) is 9.97 Å². The highest BCUT2D eigenvalue weighted by Gasteiger charge is 2.16. The highest BCUT2D eigenvalue weighted by atomic mass is 32.2. The molecular weight excluding hydrogens is 244 g/mol. The van der Waals surface area contributed by atoms with Crippen LogP contribution in [0, 0.1) is 13.8 Å². The van der Waals surface area contributed by atoms with E-state index in [2.05, 4.69) is 54.3 Å². The molecular formula is C13H24N4S. The predicted molar refractivity (Wildman–Crippen MR) is 81.9 cm³/mol. The van der Waals surface area contributed by atoms with E-state index < -0.39 is 0 Å². The average Bonchev–Trinajstić information content (AvgIpc) is 2.33. The van der Waals surface area contributed by atoms with Crippen molar-refractivity contribution in [1.29, 1.82) is 0 Å². The molecule has 0 aliphatic heterocycles. The third kappa shape index (κ3) is 3.51. The lowest BCUT2D eigenvalue weighted by Crippen LogP contribution is -2.32. The molecule has 1 N–H and O–H groups in total. The van der Waals surface area contributed by atoms with E-state index in [1.54, 1.807) is 0 Å². The zero-order valence-electron chi connectivity index (χ0n) is 12.2. The highest BCUT2D eigenvalue weighted by molar-refractivity contribution is 7.98. The van der Waals surface area contributed by atoms with Crippen LogP contribution in [-0.4, -0.2) is 41.6 Å². The van der Waals surface area contributed by atoms with Crippen LogP contribution in [0.15, 0.2) is 0 Å². The van der Waals surface area contributed by atoms with Gasteiger partial charge in [-0.2, -0.15) is 11.8 Å². The molecule has 1 heterocycles. The largest absolute Gasteiger partial charge is 0.370 e. The van der Waals surface area contributed by atoms with Crippen molar-refractivity contribution in [2.75, 3.05) is 35.8 Å². The fourth-order valence-electron chi connectivity index (χ4n) is 1.86. The Bertz CT molecular complexity index is 395. The van der Waals surface area contributed by atoms with Gasteiger partial charge >= 0.3 is 0 Å². The van der Waals surface area contributed by atoms with Crippen molar-refractivity contribution in [3.05, 3.63) is 11.4 Å². The van der Waals surface area contributed by atoms with Crippen molar-refractivity contribution >= 4 is 23.4 Å². The van der Waals surface area contributed by atoms with E-state index in [1.165, 1.54) is 0 Å². The first kappa shape index (κ1) is 15.1. The van der Waals surface area contributed by atoms with Crippen molar-refractivity contribution in [3.8, 4) is 0 Å². The van der Waals surface area contributed by atoms with Gasteiger partial charge in [-0.3, -0.25) is 0 Å². The highest BCUT2D eigenvalue weighted by Crippen LogP contribution is 2.24. The van der Waals surface area contributed by atoms with Gasteiger partial charge in [-0.05, 0) is 34.0 Å². The zero-order valence-corrected chi connectivity index (χ0v) is 13.1. The molecule has 102 valence electrons. The predicted octanol–water partition coefficient (Wildman–Crippen LogP) is 2.71. The minimum atomic E-state index is 0.461. The van der Waals surface area contributed by atoms with E-state index in [9.17, 15) is 0 Å². The van der Waals surface area contributed by atoms with Gasteiger partial charge in [0.05, 0.1) is 0 Å². The number of rotatable bonds is 6. The summed E-state index contributed by atoms with van der Waals surface area (Å²) in [6.45, 7) is 9.20. The van der Waals surface area contributed by atoms with Crippen molar-refractivity contribution < 1.29 is 0 Å². The molecule has 5 heteroatoms. The molecule has 0 amide bonds. The van der Waals surface area contributed by atoms with Gasteiger partial charge in [-0.1, -0.05) is 0 Å². The van der Waals surface area contributed by atoms with E-state index in [1.807, 2.05) is 18.7 Å². The fourth-order valence-corrected chi connectivity index (χ4v) is 2.56. The second kappa shape index (κ2) is 6.83. The SMILES string of the molecule is CCNc1nc(C)nc(N(C)C(C)CSC)c1C. The topological polar surface area (TPSA) is 41.1 Å². The first-order valence-electron chi connectivity index (χ1n) is 6.32. The van der Waals surface area contributed by atoms with Gasteiger partial charge in [-0.15, -0.1) is 0 Å². The minimum absolute atomic E-state index is 0.461. The molecule has 1 aromatic rings. The number of nitrogens with zero attached hydrogens (tertiary/aromatic N) is 3. The minimum Gasteiger partial charge on any atom is -0.370 e. The third-order valence-electron chi connectivity index (χ3n) is 2.98. The van der Waals surface area contributed by atoms with Crippen LogP contribution < -0.4 is 10.2 Å². The van der Waals surface area contributed by atoms with E-state index in [0.717, 1.165) is 35.3 Å². The number of aromatic nitrogens is 2. The molecule has 0 aromatic carbocycles. The van der Waals surface area contributed by atoms with Crippen LogP contribution in [0.2, 0.25) is 0 Å². The normalized spacial score (nSPS) is 12.3. The maximum atomic E-state index is 4.58. The number of hydrogen-bond donors (Lipinski definition) is 1. The molecule has 0 spiro atoms. The Balaban J connectivity index is 3.07. The Kier molecular flexibility index (Phi) is 5.72. The molecule has 4 nitrogen and oxygen atoms in total. The van der Waals surface area contributed by atoms with E-state index in [-0.39, 0.29) is 0 Å². The summed E-state index contributed by atoms with van der Waals surface area (Å²) < 4.78 is 0. The van der Waals surface area contributed by atoms with E-state index >= 15 is 0 Å². The molecule has 0 aliphatic carbocycles. The smallest absolute Gasteiger partial charge is 0.137 e. The van der Waals surface area contributed by atoms with E-state index in [4.69, 9.17) is 0 Å². The fraction of sp³-hybridized carbons (Fsp3) is 0.692. The maximum absolute atomic E-state index is 4.58. The second-order valence-electron chi connectivity index (χ2n) is 4.51. The van der Waals surface area contributed by atoms with Crippen molar-refractivity contribution in [3.63, 3.8) is 0 Å². The van der Waals surface area contributed by atoms with Gasteiger partial charge in [0.1, 0.15) is 17.5 Å². The number of nitrogens with one attached hydrogen (secondary N) is 1. The van der Waals surface area contributed by atoms with Gasteiger partial charge < -0.3 is 10.2 Å². The molecule has 0 radical (unpaired) electrons.